The fourth-order valence-electron chi connectivity index (χ4n) is 4.03. The van der Waals surface area contributed by atoms with E-state index in [0.717, 1.165) is 54.8 Å². The van der Waals surface area contributed by atoms with Crippen LogP contribution in [0.1, 0.15) is 45.1 Å². The molecule has 1 atom stereocenters. The van der Waals surface area contributed by atoms with Gasteiger partial charge in [0.15, 0.2) is 0 Å². The van der Waals surface area contributed by atoms with Crippen molar-refractivity contribution >= 4 is 0 Å². The van der Waals surface area contributed by atoms with Crippen LogP contribution in [0.15, 0.2) is 54.6 Å². The van der Waals surface area contributed by atoms with E-state index in [2.05, 4.69) is 30.9 Å². The summed E-state index contributed by atoms with van der Waals surface area (Å²) < 4.78 is 13.5. The Morgan fingerprint density at radius 3 is 2.48 bits per heavy atom. The third-order valence-corrected chi connectivity index (χ3v) is 5.67. The number of unbranched alkanes of at least 4 members (excludes halogenated alkanes) is 1. The Morgan fingerprint density at radius 2 is 1.79 bits per heavy atom. The maximum absolute atomic E-state index is 10.6. The van der Waals surface area contributed by atoms with Gasteiger partial charge in [-0.3, -0.25) is 4.90 Å². The van der Waals surface area contributed by atoms with Gasteiger partial charge in [-0.1, -0.05) is 63.1 Å². The molecule has 1 heterocycles. The van der Waals surface area contributed by atoms with E-state index in [0.29, 0.717) is 24.7 Å². The van der Waals surface area contributed by atoms with E-state index in [-0.39, 0.29) is 6.10 Å². The van der Waals surface area contributed by atoms with Crippen LogP contribution >= 0.6 is 0 Å². The molecule has 1 unspecified atom stereocenters. The van der Waals surface area contributed by atoms with Crippen LogP contribution in [0.25, 0.3) is 11.3 Å². The number of benzene rings is 2. The molecule has 2 aromatic carbocycles. The summed E-state index contributed by atoms with van der Waals surface area (Å²) in [6.07, 6.45) is 3.62. The van der Waals surface area contributed by atoms with Crippen molar-refractivity contribution in [3.63, 3.8) is 0 Å². The zero-order valence-corrected chi connectivity index (χ0v) is 20.3. The Morgan fingerprint density at radius 1 is 1.03 bits per heavy atom. The topological polar surface area (TPSA) is 59.8 Å². The minimum atomic E-state index is -0.337. The van der Waals surface area contributed by atoms with Crippen molar-refractivity contribution in [1.29, 1.82) is 0 Å². The molecule has 0 aliphatic rings. The summed E-state index contributed by atoms with van der Waals surface area (Å²) in [4.78, 5) is 2.31. The van der Waals surface area contributed by atoms with Crippen LogP contribution in [0.2, 0.25) is 0 Å². The highest BCUT2D eigenvalue weighted by molar-refractivity contribution is 5.65. The van der Waals surface area contributed by atoms with Crippen LogP contribution in [0, 0.1) is 0 Å². The highest BCUT2D eigenvalue weighted by Gasteiger charge is 2.23. The van der Waals surface area contributed by atoms with E-state index in [9.17, 15) is 5.11 Å². The molecule has 3 rings (SSSR count). The molecule has 33 heavy (non-hydrogen) atoms. The van der Waals surface area contributed by atoms with Crippen molar-refractivity contribution in [3.05, 3.63) is 60.2 Å². The summed E-state index contributed by atoms with van der Waals surface area (Å²) in [7, 11) is 3.56. The number of nitrogens with zero attached hydrogens (tertiary/aromatic N) is 3. The molecule has 1 aromatic heterocycles. The minimum Gasteiger partial charge on any atom is -0.497 e. The lowest BCUT2D eigenvalue weighted by Crippen LogP contribution is -2.33. The van der Waals surface area contributed by atoms with Gasteiger partial charge in [-0.05, 0) is 31.5 Å². The third kappa shape index (κ3) is 6.83. The number of rotatable bonds is 13. The van der Waals surface area contributed by atoms with Gasteiger partial charge in [-0.15, -0.1) is 0 Å². The second-order valence-electron chi connectivity index (χ2n) is 8.43. The summed E-state index contributed by atoms with van der Waals surface area (Å²) in [6, 6.07) is 17.8. The molecule has 0 saturated carbocycles. The van der Waals surface area contributed by atoms with Gasteiger partial charge in [0.2, 0.25) is 5.88 Å². The lowest BCUT2D eigenvalue weighted by molar-refractivity contribution is 0.0992. The van der Waals surface area contributed by atoms with Crippen LogP contribution in [0.3, 0.4) is 0 Å². The molecule has 0 radical (unpaired) electrons. The first-order chi connectivity index (χ1) is 16.0. The maximum Gasteiger partial charge on any atom is 0.222 e. The molecule has 0 aliphatic carbocycles. The number of hydrogen-bond acceptors (Lipinski definition) is 5. The summed E-state index contributed by atoms with van der Waals surface area (Å²) in [5, 5.41) is 15.4. The van der Waals surface area contributed by atoms with E-state index in [1.807, 2.05) is 49.5 Å². The fourth-order valence-corrected chi connectivity index (χ4v) is 4.03. The zero-order valence-electron chi connectivity index (χ0n) is 20.3. The first-order valence-electron chi connectivity index (χ1n) is 11.9. The molecule has 0 bridgehead atoms. The van der Waals surface area contributed by atoms with E-state index in [1.54, 1.807) is 11.8 Å². The van der Waals surface area contributed by atoms with Crippen molar-refractivity contribution in [2.45, 2.75) is 52.2 Å². The number of hydrogen-bond donors (Lipinski definition) is 1. The second-order valence-corrected chi connectivity index (χ2v) is 8.43. The van der Waals surface area contributed by atoms with Crippen molar-refractivity contribution in [2.75, 3.05) is 20.2 Å². The largest absolute Gasteiger partial charge is 0.497 e. The van der Waals surface area contributed by atoms with Gasteiger partial charge in [0.25, 0.3) is 0 Å². The number of aliphatic hydroxyl groups is 1. The molecule has 1 N–H and O–H groups in total. The Bertz CT molecular complexity index is 988. The van der Waals surface area contributed by atoms with Crippen molar-refractivity contribution < 1.29 is 14.6 Å². The molecule has 178 valence electrons. The highest BCUT2D eigenvalue weighted by atomic mass is 16.5. The monoisotopic (exact) mass is 451 g/mol. The maximum atomic E-state index is 10.6. The molecule has 0 amide bonds. The molecule has 0 saturated heterocycles. The van der Waals surface area contributed by atoms with Gasteiger partial charge >= 0.3 is 0 Å². The standard InChI is InChI=1S/C27H37N3O3/c1-5-7-14-22(31)19-30(17-6-2)20-25-26(21-12-9-8-10-13-21)28-29(3)27(25)33-24-16-11-15-23(18-24)32-4/h8-13,15-16,18,22,31H,5-7,14,17,19-20H2,1-4H3. The lowest BCUT2D eigenvalue weighted by atomic mass is 10.1. The van der Waals surface area contributed by atoms with Gasteiger partial charge in [-0.25, -0.2) is 4.68 Å². The predicted molar refractivity (Wildman–Crippen MR) is 133 cm³/mol. The Balaban J connectivity index is 1.96. The highest BCUT2D eigenvalue weighted by Crippen LogP contribution is 2.35. The molecule has 0 spiro atoms. The number of aromatic nitrogens is 2. The smallest absolute Gasteiger partial charge is 0.222 e. The average molecular weight is 452 g/mol. The van der Waals surface area contributed by atoms with Crippen molar-refractivity contribution in [1.82, 2.24) is 14.7 Å². The predicted octanol–water partition coefficient (Wildman–Crippen LogP) is 5.65. The number of aliphatic hydroxyl groups excluding tert-OH is 1. The Labute approximate surface area is 197 Å². The van der Waals surface area contributed by atoms with E-state index in [1.165, 1.54) is 0 Å². The quantitative estimate of drug-likeness (QED) is 0.364. The lowest BCUT2D eigenvalue weighted by Gasteiger charge is -2.25. The van der Waals surface area contributed by atoms with E-state index >= 15 is 0 Å². The normalized spacial score (nSPS) is 12.2. The average Bonchev–Trinajstić information content (AvgIpc) is 3.13. The number of ether oxygens (including phenoxy) is 2. The molecule has 3 aromatic rings. The van der Waals surface area contributed by atoms with Gasteiger partial charge in [0, 0.05) is 31.8 Å². The number of aryl methyl sites for hydroxylation is 1. The summed E-state index contributed by atoms with van der Waals surface area (Å²) in [6.45, 7) is 6.50. The van der Waals surface area contributed by atoms with Crippen molar-refractivity contribution in [2.24, 2.45) is 7.05 Å². The molecule has 0 fully saturated rings. The van der Waals surface area contributed by atoms with Crippen LogP contribution in [0.4, 0.5) is 0 Å². The summed E-state index contributed by atoms with van der Waals surface area (Å²) >= 11 is 0. The zero-order chi connectivity index (χ0) is 23.6. The molecule has 0 aliphatic heterocycles. The Kier molecular flexibility index (Phi) is 9.34. The van der Waals surface area contributed by atoms with E-state index < -0.39 is 0 Å². The van der Waals surface area contributed by atoms with Gasteiger partial charge in [0.05, 0.1) is 18.8 Å². The second kappa shape index (κ2) is 12.4. The van der Waals surface area contributed by atoms with Gasteiger partial charge < -0.3 is 14.6 Å². The Hall–Kier alpha value is -2.83. The van der Waals surface area contributed by atoms with Crippen LogP contribution < -0.4 is 9.47 Å². The minimum absolute atomic E-state index is 0.337. The van der Waals surface area contributed by atoms with Crippen molar-refractivity contribution in [3.8, 4) is 28.6 Å². The van der Waals surface area contributed by atoms with Crippen LogP contribution in [-0.2, 0) is 13.6 Å². The summed E-state index contributed by atoms with van der Waals surface area (Å²) in [5.74, 6) is 2.14. The van der Waals surface area contributed by atoms with E-state index in [4.69, 9.17) is 14.6 Å². The SMILES string of the molecule is CCCCC(O)CN(CCC)Cc1c(-c2ccccc2)nn(C)c1Oc1cccc(OC)c1. The van der Waals surface area contributed by atoms with Gasteiger partial charge in [0.1, 0.15) is 17.2 Å². The summed E-state index contributed by atoms with van der Waals surface area (Å²) in [5.41, 5.74) is 2.97. The number of methoxy groups -OCH3 is 1. The van der Waals surface area contributed by atoms with Gasteiger partial charge in [-0.2, -0.15) is 5.10 Å². The molecule has 6 nitrogen and oxygen atoms in total. The van der Waals surface area contributed by atoms with Crippen LogP contribution in [0.5, 0.6) is 17.4 Å². The fraction of sp³-hybridized carbons (Fsp3) is 0.444. The first kappa shape index (κ1) is 24.8. The first-order valence-corrected chi connectivity index (χ1v) is 11.9. The molecular formula is C27H37N3O3. The third-order valence-electron chi connectivity index (χ3n) is 5.67. The molecule has 6 heteroatoms. The molecular weight excluding hydrogens is 414 g/mol. The van der Waals surface area contributed by atoms with Crippen LogP contribution in [-0.4, -0.2) is 46.1 Å².